The van der Waals surface area contributed by atoms with Gasteiger partial charge in [0.2, 0.25) is 5.95 Å². The fourth-order valence-corrected chi connectivity index (χ4v) is 2.55. The zero-order chi connectivity index (χ0) is 14.8. The smallest absolute Gasteiger partial charge is 0.212 e. The van der Waals surface area contributed by atoms with E-state index >= 15 is 0 Å². The molecule has 2 aromatic carbocycles. The molecule has 3 nitrogen and oxygen atoms in total. The first kappa shape index (κ1) is 13.4. The molecular weight excluding hydrogens is 258 g/mol. The molecule has 0 spiro atoms. The van der Waals surface area contributed by atoms with Gasteiger partial charge in [-0.2, -0.15) is 0 Å². The molecule has 0 fully saturated rings. The summed E-state index contributed by atoms with van der Waals surface area (Å²) in [7, 11) is 0. The van der Waals surface area contributed by atoms with Gasteiger partial charge in [0, 0.05) is 17.6 Å². The first-order valence-corrected chi connectivity index (χ1v) is 7.08. The minimum atomic E-state index is 0.837. The third kappa shape index (κ3) is 2.97. The molecule has 1 aromatic heterocycles. The van der Waals surface area contributed by atoms with E-state index < -0.39 is 0 Å². The Morgan fingerprint density at radius 3 is 2.24 bits per heavy atom. The Morgan fingerprint density at radius 2 is 1.57 bits per heavy atom. The summed E-state index contributed by atoms with van der Waals surface area (Å²) in [5.41, 5.74) is 5.64. The van der Waals surface area contributed by atoms with E-state index in [0.29, 0.717) is 0 Å². The lowest BCUT2D eigenvalue weighted by Gasteiger charge is -2.11. The number of aryl methyl sites for hydroxylation is 3. The van der Waals surface area contributed by atoms with E-state index in [0.717, 1.165) is 23.0 Å². The van der Waals surface area contributed by atoms with Gasteiger partial charge in [0.15, 0.2) is 0 Å². The van der Waals surface area contributed by atoms with Crippen LogP contribution < -0.4 is 5.32 Å². The SMILES string of the molecule is Cc1cc(C)cc(Nc2nc(C)cn2-c2ccccc2)c1. The summed E-state index contributed by atoms with van der Waals surface area (Å²) < 4.78 is 2.08. The summed E-state index contributed by atoms with van der Waals surface area (Å²) in [6, 6.07) is 16.7. The molecule has 0 saturated carbocycles. The molecule has 0 saturated heterocycles. The molecule has 0 radical (unpaired) electrons. The van der Waals surface area contributed by atoms with Crippen LogP contribution in [0.3, 0.4) is 0 Å². The molecule has 1 N–H and O–H groups in total. The fraction of sp³-hybridized carbons (Fsp3) is 0.167. The minimum absolute atomic E-state index is 0.837. The lowest BCUT2D eigenvalue weighted by Crippen LogP contribution is -2.01. The highest BCUT2D eigenvalue weighted by Crippen LogP contribution is 2.22. The topological polar surface area (TPSA) is 29.9 Å². The average Bonchev–Trinajstić information content (AvgIpc) is 2.79. The number of imidazole rings is 1. The van der Waals surface area contributed by atoms with E-state index in [1.807, 2.05) is 31.3 Å². The van der Waals surface area contributed by atoms with Crippen molar-refractivity contribution in [3.8, 4) is 5.69 Å². The highest BCUT2D eigenvalue weighted by atomic mass is 15.2. The third-order valence-corrected chi connectivity index (χ3v) is 3.34. The second kappa shape index (κ2) is 5.44. The van der Waals surface area contributed by atoms with Crippen LogP contribution in [-0.4, -0.2) is 9.55 Å². The highest BCUT2D eigenvalue weighted by molar-refractivity contribution is 5.58. The number of nitrogens with zero attached hydrogens (tertiary/aromatic N) is 2. The van der Waals surface area contributed by atoms with Crippen molar-refractivity contribution in [2.24, 2.45) is 0 Å². The van der Waals surface area contributed by atoms with Crippen LogP contribution in [0.1, 0.15) is 16.8 Å². The zero-order valence-electron chi connectivity index (χ0n) is 12.6. The molecular formula is C18H19N3. The Kier molecular flexibility index (Phi) is 3.48. The van der Waals surface area contributed by atoms with E-state index in [4.69, 9.17) is 0 Å². The van der Waals surface area contributed by atoms with Gasteiger partial charge in [0.25, 0.3) is 0 Å². The Balaban J connectivity index is 1.99. The largest absolute Gasteiger partial charge is 0.325 e. The first-order chi connectivity index (χ1) is 10.1. The lowest BCUT2D eigenvalue weighted by atomic mass is 10.1. The molecule has 106 valence electrons. The van der Waals surface area contributed by atoms with Crippen molar-refractivity contribution in [3.05, 3.63) is 71.5 Å². The van der Waals surface area contributed by atoms with Gasteiger partial charge in [-0.05, 0) is 56.2 Å². The number of para-hydroxylation sites is 1. The fourth-order valence-electron chi connectivity index (χ4n) is 2.55. The maximum Gasteiger partial charge on any atom is 0.212 e. The summed E-state index contributed by atoms with van der Waals surface area (Å²) in [6.07, 6.45) is 2.04. The zero-order valence-corrected chi connectivity index (χ0v) is 12.6. The number of rotatable bonds is 3. The normalized spacial score (nSPS) is 10.6. The van der Waals surface area contributed by atoms with Gasteiger partial charge >= 0.3 is 0 Å². The van der Waals surface area contributed by atoms with E-state index in [-0.39, 0.29) is 0 Å². The third-order valence-electron chi connectivity index (χ3n) is 3.34. The molecule has 3 aromatic rings. The van der Waals surface area contributed by atoms with Gasteiger partial charge in [-0.1, -0.05) is 24.3 Å². The van der Waals surface area contributed by atoms with Crippen LogP contribution in [0.15, 0.2) is 54.7 Å². The first-order valence-electron chi connectivity index (χ1n) is 7.08. The van der Waals surface area contributed by atoms with Crippen LogP contribution in [0.25, 0.3) is 5.69 Å². The summed E-state index contributed by atoms with van der Waals surface area (Å²) in [6.45, 7) is 6.21. The Labute approximate surface area is 125 Å². The number of hydrogen-bond acceptors (Lipinski definition) is 2. The molecule has 0 bridgehead atoms. The van der Waals surface area contributed by atoms with E-state index in [2.05, 4.69) is 59.0 Å². The predicted molar refractivity (Wildman–Crippen MR) is 87.5 cm³/mol. The molecule has 0 amide bonds. The summed E-state index contributed by atoms with van der Waals surface area (Å²) in [4.78, 5) is 4.59. The molecule has 0 atom stereocenters. The standard InChI is InChI=1S/C18H19N3/c1-13-9-14(2)11-16(10-13)20-18-19-15(3)12-21(18)17-7-5-4-6-8-17/h4-12H,1-3H3,(H,19,20). The van der Waals surface area contributed by atoms with Crippen LogP contribution >= 0.6 is 0 Å². The molecule has 1 heterocycles. The van der Waals surface area contributed by atoms with Gasteiger partial charge in [0.05, 0.1) is 5.69 Å². The second-order valence-electron chi connectivity index (χ2n) is 5.41. The Morgan fingerprint density at radius 1 is 0.905 bits per heavy atom. The quantitative estimate of drug-likeness (QED) is 0.761. The van der Waals surface area contributed by atoms with E-state index in [9.17, 15) is 0 Å². The number of benzene rings is 2. The molecule has 0 aliphatic carbocycles. The van der Waals surface area contributed by atoms with Crippen LogP contribution in [0, 0.1) is 20.8 Å². The molecule has 21 heavy (non-hydrogen) atoms. The maximum absolute atomic E-state index is 4.59. The number of hydrogen-bond donors (Lipinski definition) is 1. The number of nitrogens with one attached hydrogen (secondary N) is 1. The van der Waals surface area contributed by atoms with E-state index in [1.165, 1.54) is 11.1 Å². The van der Waals surface area contributed by atoms with Gasteiger partial charge in [-0.3, -0.25) is 4.57 Å². The van der Waals surface area contributed by atoms with Gasteiger partial charge in [-0.25, -0.2) is 4.98 Å². The van der Waals surface area contributed by atoms with Crippen molar-refractivity contribution in [2.75, 3.05) is 5.32 Å². The lowest BCUT2D eigenvalue weighted by molar-refractivity contribution is 1.06. The number of anilines is 2. The maximum atomic E-state index is 4.59. The summed E-state index contributed by atoms with van der Waals surface area (Å²) >= 11 is 0. The van der Waals surface area contributed by atoms with Crippen molar-refractivity contribution < 1.29 is 0 Å². The number of aromatic nitrogens is 2. The van der Waals surface area contributed by atoms with Crippen molar-refractivity contribution in [3.63, 3.8) is 0 Å². The molecule has 3 rings (SSSR count). The Bertz CT molecular complexity index is 737. The molecule has 0 aliphatic rings. The molecule has 0 aliphatic heterocycles. The molecule has 3 heteroatoms. The predicted octanol–water partition coefficient (Wildman–Crippen LogP) is 4.54. The van der Waals surface area contributed by atoms with E-state index in [1.54, 1.807) is 0 Å². The summed E-state index contributed by atoms with van der Waals surface area (Å²) in [5, 5.41) is 3.43. The van der Waals surface area contributed by atoms with Crippen molar-refractivity contribution in [1.82, 2.24) is 9.55 Å². The van der Waals surface area contributed by atoms with Gasteiger partial charge in [-0.15, -0.1) is 0 Å². The van der Waals surface area contributed by atoms with Gasteiger partial charge in [0.1, 0.15) is 0 Å². The van der Waals surface area contributed by atoms with Crippen LogP contribution in [0.2, 0.25) is 0 Å². The van der Waals surface area contributed by atoms with Crippen LogP contribution in [0.4, 0.5) is 11.6 Å². The Hall–Kier alpha value is -2.55. The van der Waals surface area contributed by atoms with Gasteiger partial charge < -0.3 is 5.32 Å². The summed E-state index contributed by atoms with van der Waals surface area (Å²) in [5.74, 6) is 0.837. The van der Waals surface area contributed by atoms with Crippen molar-refractivity contribution in [1.29, 1.82) is 0 Å². The average molecular weight is 277 g/mol. The van der Waals surface area contributed by atoms with Crippen molar-refractivity contribution in [2.45, 2.75) is 20.8 Å². The minimum Gasteiger partial charge on any atom is -0.325 e. The van der Waals surface area contributed by atoms with Crippen molar-refractivity contribution >= 4 is 11.6 Å². The second-order valence-corrected chi connectivity index (χ2v) is 5.41. The van der Waals surface area contributed by atoms with Crippen LogP contribution in [-0.2, 0) is 0 Å². The molecule has 0 unspecified atom stereocenters. The van der Waals surface area contributed by atoms with Crippen LogP contribution in [0.5, 0.6) is 0 Å². The highest BCUT2D eigenvalue weighted by Gasteiger charge is 2.08. The monoisotopic (exact) mass is 277 g/mol.